The van der Waals surface area contributed by atoms with Gasteiger partial charge in [0.15, 0.2) is 0 Å². The summed E-state index contributed by atoms with van der Waals surface area (Å²) in [4.78, 5) is 16.3. The summed E-state index contributed by atoms with van der Waals surface area (Å²) in [5.74, 6) is 0.0228. The Hall–Kier alpha value is -1.62. The van der Waals surface area contributed by atoms with Gasteiger partial charge in [0.1, 0.15) is 5.75 Å². The van der Waals surface area contributed by atoms with Crippen molar-refractivity contribution in [2.75, 3.05) is 5.32 Å². The lowest BCUT2D eigenvalue weighted by atomic mass is 9.95. The molecule has 0 atom stereocenters. The Labute approximate surface area is 120 Å². The highest BCUT2D eigenvalue weighted by Gasteiger charge is 2.23. The normalized spacial score (nSPS) is 11.6. The van der Waals surface area contributed by atoms with E-state index in [0.717, 1.165) is 0 Å². The summed E-state index contributed by atoms with van der Waals surface area (Å²) in [5.41, 5.74) is 0.638. The van der Waals surface area contributed by atoms with Crippen LogP contribution in [-0.4, -0.2) is 16.0 Å². The van der Waals surface area contributed by atoms with Crippen molar-refractivity contribution in [1.82, 2.24) is 4.98 Å². The first-order valence-electron chi connectivity index (χ1n) is 5.88. The van der Waals surface area contributed by atoms with Gasteiger partial charge in [0.25, 0.3) is 0 Å². The second-order valence-corrected chi connectivity index (χ2v) is 6.21. The van der Waals surface area contributed by atoms with E-state index in [1.807, 2.05) is 20.8 Å². The van der Waals surface area contributed by atoms with E-state index in [-0.39, 0.29) is 11.7 Å². The highest BCUT2D eigenvalue weighted by Crippen LogP contribution is 2.36. The third kappa shape index (κ3) is 2.71. The number of anilines is 1. The Balaban J connectivity index is 2.58. The topological polar surface area (TPSA) is 62.2 Å². The molecule has 1 amide bonds. The van der Waals surface area contributed by atoms with Gasteiger partial charge in [-0.25, -0.2) is 0 Å². The number of carbonyl (C=O) groups is 1. The highest BCUT2D eigenvalue weighted by molar-refractivity contribution is 9.10. The molecule has 1 aromatic carbocycles. The Kier molecular flexibility index (Phi) is 3.49. The zero-order chi connectivity index (χ0) is 14.2. The molecule has 0 unspecified atom stereocenters. The number of aromatic hydroxyl groups is 1. The van der Waals surface area contributed by atoms with Crippen LogP contribution in [0.4, 0.5) is 5.69 Å². The van der Waals surface area contributed by atoms with Crippen molar-refractivity contribution in [2.45, 2.75) is 20.8 Å². The lowest BCUT2D eigenvalue weighted by molar-refractivity contribution is -0.123. The molecular formula is C14H15BrN2O2. The van der Waals surface area contributed by atoms with Gasteiger partial charge < -0.3 is 10.4 Å². The first-order valence-corrected chi connectivity index (χ1v) is 6.67. The fourth-order valence-electron chi connectivity index (χ4n) is 1.61. The van der Waals surface area contributed by atoms with E-state index < -0.39 is 5.41 Å². The van der Waals surface area contributed by atoms with Crippen LogP contribution in [0.25, 0.3) is 10.9 Å². The van der Waals surface area contributed by atoms with Crippen molar-refractivity contribution in [3.05, 3.63) is 28.9 Å². The molecule has 0 fully saturated rings. The first-order chi connectivity index (χ1) is 8.80. The SMILES string of the molecule is CC(C)(C)C(=O)Nc1c(Br)cc(O)c2cccnc12. The molecular weight excluding hydrogens is 308 g/mol. The van der Waals surface area contributed by atoms with E-state index in [9.17, 15) is 9.90 Å². The fourth-order valence-corrected chi connectivity index (χ4v) is 2.12. The molecule has 2 N–H and O–H groups in total. The second-order valence-electron chi connectivity index (χ2n) is 5.36. The zero-order valence-corrected chi connectivity index (χ0v) is 12.6. The number of halogens is 1. The summed E-state index contributed by atoms with van der Waals surface area (Å²) < 4.78 is 0.605. The smallest absolute Gasteiger partial charge is 0.229 e. The van der Waals surface area contributed by atoms with Crippen LogP contribution in [0.3, 0.4) is 0 Å². The molecule has 0 aliphatic carbocycles. The molecule has 0 aliphatic heterocycles. The number of carbonyl (C=O) groups excluding carboxylic acids is 1. The number of amides is 1. The Morgan fingerprint density at radius 2 is 2.11 bits per heavy atom. The predicted molar refractivity (Wildman–Crippen MR) is 79.2 cm³/mol. The van der Waals surface area contributed by atoms with Crippen LogP contribution in [0.5, 0.6) is 5.75 Å². The third-order valence-corrected chi connectivity index (χ3v) is 3.37. The number of phenolic OH excluding ortho intramolecular Hbond substituents is 1. The van der Waals surface area contributed by atoms with Crippen LogP contribution in [0.15, 0.2) is 28.9 Å². The van der Waals surface area contributed by atoms with Gasteiger partial charge in [-0.05, 0) is 34.1 Å². The monoisotopic (exact) mass is 322 g/mol. The van der Waals surface area contributed by atoms with Crippen LogP contribution in [-0.2, 0) is 4.79 Å². The van der Waals surface area contributed by atoms with Gasteiger partial charge in [-0.15, -0.1) is 0 Å². The summed E-state index contributed by atoms with van der Waals surface area (Å²) in [5, 5.41) is 13.4. The molecule has 19 heavy (non-hydrogen) atoms. The molecule has 0 saturated heterocycles. The van der Waals surface area contributed by atoms with Gasteiger partial charge in [-0.2, -0.15) is 0 Å². The number of benzene rings is 1. The largest absolute Gasteiger partial charge is 0.507 e. The molecule has 2 rings (SSSR count). The minimum atomic E-state index is -0.502. The number of fused-ring (bicyclic) bond motifs is 1. The quantitative estimate of drug-likeness (QED) is 0.787. The molecule has 0 aliphatic rings. The van der Waals surface area contributed by atoms with Crippen molar-refractivity contribution in [2.24, 2.45) is 5.41 Å². The number of pyridine rings is 1. The van der Waals surface area contributed by atoms with Crippen LogP contribution in [0.2, 0.25) is 0 Å². The molecule has 1 aromatic heterocycles. The maximum Gasteiger partial charge on any atom is 0.229 e. The average molecular weight is 323 g/mol. The molecule has 0 bridgehead atoms. The van der Waals surface area contributed by atoms with Crippen molar-refractivity contribution in [3.8, 4) is 5.75 Å². The number of aromatic nitrogens is 1. The minimum Gasteiger partial charge on any atom is -0.507 e. The summed E-state index contributed by atoms with van der Waals surface area (Å²) >= 11 is 3.35. The van der Waals surface area contributed by atoms with Gasteiger partial charge in [-0.1, -0.05) is 20.8 Å². The zero-order valence-electron chi connectivity index (χ0n) is 11.0. The summed E-state index contributed by atoms with van der Waals surface area (Å²) in [6, 6.07) is 5.06. The van der Waals surface area contributed by atoms with Crippen molar-refractivity contribution in [3.63, 3.8) is 0 Å². The van der Waals surface area contributed by atoms with Crippen LogP contribution >= 0.6 is 15.9 Å². The van der Waals surface area contributed by atoms with Gasteiger partial charge in [0, 0.05) is 21.5 Å². The number of hydrogen-bond acceptors (Lipinski definition) is 3. The molecule has 0 radical (unpaired) electrons. The van der Waals surface area contributed by atoms with Crippen molar-refractivity contribution >= 4 is 38.4 Å². The lowest BCUT2D eigenvalue weighted by Gasteiger charge is -2.19. The molecule has 0 spiro atoms. The number of nitrogens with one attached hydrogen (secondary N) is 1. The molecule has 5 heteroatoms. The molecule has 2 aromatic rings. The van der Waals surface area contributed by atoms with Crippen molar-refractivity contribution < 1.29 is 9.90 Å². The predicted octanol–water partition coefficient (Wildman–Crippen LogP) is 3.69. The molecule has 1 heterocycles. The van der Waals surface area contributed by atoms with E-state index >= 15 is 0 Å². The van der Waals surface area contributed by atoms with E-state index in [0.29, 0.717) is 21.1 Å². The van der Waals surface area contributed by atoms with E-state index in [1.54, 1.807) is 24.4 Å². The number of phenols is 1. The highest BCUT2D eigenvalue weighted by atomic mass is 79.9. The second kappa shape index (κ2) is 4.81. The lowest BCUT2D eigenvalue weighted by Crippen LogP contribution is -2.27. The third-order valence-electron chi connectivity index (χ3n) is 2.74. The van der Waals surface area contributed by atoms with Crippen LogP contribution in [0.1, 0.15) is 20.8 Å². The summed E-state index contributed by atoms with van der Waals surface area (Å²) in [7, 11) is 0. The standard InChI is InChI=1S/C14H15BrN2O2/c1-14(2,3)13(19)17-12-9(15)7-10(18)8-5-4-6-16-11(8)12/h4-7,18H,1-3H3,(H,17,19). The minimum absolute atomic E-state index is 0.106. The van der Waals surface area contributed by atoms with Crippen LogP contribution in [0, 0.1) is 5.41 Å². The number of rotatable bonds is 1. The van der Waals surface area contributed by atoms with Crippen molar-refractivity contribution in [1.29, 1.82) is 0 Å². The Morgan fingerprint density at radius 1 is 1.42 bits per heavy atom. The fraction of sp³-hybridized carbons (Fsp3) is 0.286. The molecule has 100 valence electrons. The van der Waals surface area contributed by atoms with E-state index in [4.69, 9.17) is 0 Å². The maximum absolute atomic E-state index is 12.1. The van der Waals surface area contributed by atoms with E-state index in [2.05, 4.69) is 26.2 Å². The van der Waals surface area contributed by atoms with Gasteiger partial charge in [0.05, 0.1) is 11.2 Å². The van der Waals surface area contributed by atoms with Gasteiger partial charge >= 0.3 is 0 Å². The van der Waals surface area contributed by atoms with Crippen LogP contribution < -0.4 is 5.32 Å². The summed E-state index contributed by atoms with van der Waals surface area (Å²) in [6.07, 6.45) is 1.63. The Bertz CT molecular complexity index is 648. The average Bonchev–Trinajstić information content (AvgIpc) is 2.33. The van der Waals surface area contributed by atoms with Gasteiger partial charge in [-0.3, -0.25) is 9.78 Å². The maximum atomic E-state index is 12.1. The Morgan fingerprint density at radius 3 is 2.74 bits per heavy atom. The first kappa shape index (κ1) is 13.8. The van der Waals surface area contributed by atoms with E-state index in [1.165, 1.54) is 0 Å². The molecule has 0 saturated carbocycles. The summed E-state index contributed by atoms with van der Waals surface area (Å²) in [6.45, 7) is 5.52. The number of hydrogen-bond donors (Lipinski definition) is 2. The van der Waals surface area contributed by atoms with Gasteiger partial charge in [0.2, 0.25) is 5.91 Å². The molecule has 4 nitrogen and oxygen atoms in total. The number of nitrogens with zero attached hydrogens (tertiary/aromatic N) is 1.